The number of carbonyl (C=O) groups is 1. The van der Waals surface area contributed by atoms with Crippen LogP contribution in [0.5, 0.6) is 11.5 Å². The molecule has 3 heterocycles. The maximum absolute atomic E-state index is 12.7. The fraction of sp³-hybridized carbons (Fsp3) is 0.481. The third kappa shape index (κ3) is 6.40. The Balaban J connectivity index is 1.73. The van der Waals surface area contributed by atoms with Crippen LogP contribution in [-0.2, 0) is 11.3 Å². The first-order valence-corrected chi connectivity index (χ1v) is 15.6. The first kappa shape index (κ1) is 27.7. The molecule has 1 aromatic heterocycles. The second-order valence-electron chi connectivity index (χ2n) is 11.0. The minimum absolute atomic E-state index is 0.0126. The Morgan fingerprint density at radius 2 is 1.95 bits per heavy atom. The smallest absolute Gasteiger partial charge is 0.410 e. The Bertz CT molecular complexity index is 1260. The summed E-state index contributed by atoms with van der Waals surface area (Å²) in [6, 6.07) is 4.86. The van der Waals surface area contributed by atoms with Crippen molar-refractivity contribution in [3.05, 3.63) is 39.6 Å². The van der Waals surface area contributed by atoms with Crippen LogP contribution in [0.4, 0.5) is 4.79 Å². The second-order valence-corrected chi connectivity index (χ2v) is 15.6. The zero-order valence-corrected chi connectivity index (χ0v) is 24.4. The van der Waals surface area contributed by atoms with E-state index >= 15 is 0 Å². The lowest BCUT2D eigenvalue weighted by molar-refractivity contribution is -0.00164. The van der Waals surface area contributed by atoms with Crippen LogP contribution in [0.15, 0.2) is 18.2 Å². The predicted molar refractivity (Wildman–Crippen MR) is 151 cm³/mol. The molecule has 2 aliphatic rings. The zero-order chi connectivity index (χ0) is 27.1. The number of ether oxygens (including phenoxy) is 2. The van der Waals surface area contributed by atoms with E-state index in [2.05, 4.69) is 34.8 Å². The lowest BCUT2D eigenvalue weighted by Crippen LogP contribution is -2.56. The molecule has 0 saturated carbocycles. The number of amides is 1. The maximum Gasteiger partial charge on any atom is 0.410 e. The molecule has 7 nitrogen and oxygen atoms in total. The Labute approximate surface area is 230 Å². The van der Waals surface area contributed by atoms with Crippen molar-refractivity contribution < 1.29 is 19.4 Å². The van der Waals surface area contributed by atoms with Gasteiger partial charge in [-0.15, -0.1) is 0 Å². The first-order valence-electron chi connectivity index (χ1n) is 12.0. The molecule has 1 fully saturated rings. The molecule has 1 amide bonds. The van der Waals surface area contributed by atoms with Crippen LogP contribution < -0.4 is 4.74 Å². The van der Waals surface area contributed by atoms with Crippen molar-refractivity contribution in [3.8, 4) is 33.8 Å². The number of fused-ring (bicyclic) bond motifs is 2. The number of carbonyl (C=O) groups excluding carboxylic acids is 1. The molecule has 0 bridgehead atoms. The summed E-state index contributed by atoms with van der Waals surface area (Å²) < 4.78 is 11.8. The lowest BCUT2D eigenvalue weighted by Gasteiger charge is -2.40. The number of hydrogen-bond acceptors (Lipinski definition) is 6. The Hall–Kier alpha value is -2.31. The predicted octanol–water partition coefficient (Wildman–Crippen LogP) is 5.58. The van der Waals surface area contributed by atoms with Crippen LogP contribution in [0.2, 0.25) is 10.0 Å². The maximum atomic E-state index is 12.7. The summed E-state index contributed by atoms with van der Waals surface area (Å²) in [6.07, 6.45) is 5.95. The highest BCUT2D eigenvalue weighted by atomic mass is 35.5. The van der Waals surface area contributed by atoms with Crippen LogP contribution in [0.1, 0.15) is 32.2 Å². The molecule has 1 saturated heterocycles. The standard InChI is InChI=1S/C27H33Cl2N3O4S/c1-27(2,3)36-26(34)32-12-11-31-15-20-25(35-16-17(31)14-32)24(29)23(19(30-20)10-13-37(4,5)6)22-18(28)8-7-9-21(22)33/h7-9,17,33H,11-12,14-16H2,1-6H3/t17-/m1/s1. The molecular weight excluding hydrogens is 533 g/mol. The summed E-state index contributed by atoms with van der Waals surface area (Å²) in [7, 11) is -1.16. The Kier molecular flexibility index (Phi) is 7.83. The molecular formula is C27H33Cl2N3O4S. The fourth-order valence-corrected chi connectivity index (χ4v) is 5.26. The molecule has 0 radical (unpaired) electrons. The summed E-state index contributed by atoms with van der Waals surface area (Å²) in [5.74, 6) is 3.65. The lowest BCUT2D eigenvalue weighted by atomic mass is 10.0. The van der Waals surface area contributed by atoms with Crippen LogP contribution >= 0.6 is 33.2 Å². The minimum atomic E-state index is -1.16. The minimum Gasteiger partial charge on any atom is -0.507 e. The van der Waals surface area contributed by atoms with Crippen molar-refractivity contribution in [1.82, 2.24) is 14.8 Å². The second kappa shape index (κ2) is 10.5. The van der Waals surface area contributed by atoms with Crippen molar-refractivity contribution in [1.29, 1.82) is 0 Å². The largest absolute Gasteiger partial charge is 0.507 e. The number of aromatic nitrogens is 1. The average molecular weight is 567 g/mol. The van der Waals surface area contributed by atoms with E-state index in [0.717, 1.165) is 0 Å². The molecule has 0 spiro atoms. The molecule has 37 heavy (non-hydrogen) atoms. The molecule has 2 aliphatic heterocycles. The number of pyridine rings is 1. The highest BCUT2D eigenvalue weighted by Gasteiger charge is 2.36. The quantitative estimate of drug-likeness (QED) is 0.455. The van der Waals surface area contributed by atoms with Crippen molar-refractivity contribution in [2.75, 3.05) is 45.0 Å². The highest BCUT2D eigenvalue weighted by molar-refractivity contribution is 8.35. The monoisotopic (exact) mass is 565 g/mol. The van der Waals surface area contributed by atoms with Gasteiger partial charge in [0.15, 0.2) is 5.75 Å². The topological polar surface area (TPSA) is 75.1 Å². The third-order valence-corrected chi connectivity index (χ3v) is 7.30. The molecule has 0 unspecified atom stereocenters. The molecule has 0 aliphatic carbocycles. The molecule has 200 valence electrons. The van der Waals surface area contributed by atoms with Crippen LogP contribution in [-0.4, -0.2) is 82.6 Å². The van der Waals surface area contributed by atoms with E-state index < -0.39 is 15.6 Å². The van der Waals surface area contributed by atoms with Gasteiger partial charge < -0.3 is 19.5 Å². The van der Waals surface area contributed by atoms with Gasteiger partial charge in [-0.05, 0) is 62.8 Å². The van der Waals surface area contributed by atoms with E-state index in [-0.39, 0.29) is 17.9 Å². The molecule has 1 N–H and O–H groups in total. The van der Waals surface area contributed by atoms with Crippen LogP contribution in [0, 0.1) is 11.2 Å². The van der Waals surface area contributed by atoms with Gasteiger partial charge in [-0.2, -0.15) is 10.0 Å². The number of rotatable bonds is 1. The summed E-state index contributed by atoms with van der Waals surface area (Å²) >= 11 is 13.5. The number of aromatic hydroxyl groups is 1. The molecule has 1 aromatic carbocycles. The van der Waals surface area contributed by atoms with E-state index in [4.69, 9.17) is 37.7 Å². The molecule has 4 rings (SSSR count). The number of halogens is 2. The number of hydrogen-bond donors (Lipinski definition) is 1. The highest BCUT2D eigenvalue weighted by Crippen LogP contribution is 2.46. The fourth-order valence-electron chi connectivity index (χ4n) is 4.24. The van der Waals surface area contributed by atoms with E-state index in [1.165, 1.54) is 0 Å². The molecule has 2 aromatic rings. The van der Waals surface area contributed by atoms with Gasteiger partial charge in [-0.3, -0.25) is 4.90 Å². The first-order chi connectivity index (χ1) is 17.2. The number of piperazine rings is 1. The summed E-state index contributed by atoms with van der Waals surface area (Å²) in [6.45, 7) is 8.04. The third-order valence-electron chi connectivity index (χ3n) is 5.91. The van der Waals surface area contributed by atoms with Gasteiger partial charge in [-0.1, -0.05) is 29.3 Å². The summed E-state index contributed by atoms with van der Waals surface area (Å²) in [5, 5.41) is 14.7. The SMILES string of the molecule is CC(C)(C)OC(=O)N1CCN2Cc3nc(C#CS(C)(C)C)c(-c4c(O)cccc4Cl)c(Cl)c3OC[C@H]2C1. The van der Waals surface area contributed by atoms with Gasteiger partial charge in [0.05, 0.1) is 21.8 Å². The molecule has 10 heteroatoms. The van der Waals surface area contributed by atoms with Crippen molar-refractivity contribution in [2.45, 2.75) is 39.0 Å². The van der Waals surface area contributed by atoms with Gasteiger partial charge in [0.2, 0.25) is 0 Å². The van der Waals surface area contributed by atoms with E-state index in [0.29, 0.717) is 71.1 Å². The number of benzene rings is 1. The van der Waals surface area contributed by atoms with Gasteiger partial charge in [-0.25, -0.2) is 9.78 Å². The van der Waals surface area contributed by atoms with Gasteiger partial charge in [0, 0.05) is 37.3 Å². The van der Waals surface area contributed by atoms with Crippen molar-refractivity contribution in [3.63, 3.8) is 0 Å². The van der Waals surface area contributed by atoms with E-state index in [1.807, 2.05) is 20.8 Å². The Morgan fingerprint density at radius 3 is 2.59 bits per heavy atom. The van der Waals surface area contributed by atoms with Gasteiger partial charge in [0.25, 0.3) is 0 Å². The number of phenolic OH excluding ortho intramolecular Hbond substituents is 1. The number of phenols is 1. The Morgan fingerprint density at radius 1 is 1.22 bits per heavy atom. The van der Waals surface area contributed by atoms with Crippen LogP contribution in [0.25, 0.3) is 11.1 Å². The van der Waals surface area contributed by atoms with Crippen molar-refractivity contribution >= 4 is 39.3 Å². The van der Waals surface area contributed by atoms with Gasteiger partial charge in [0.1, 0.15) is 23.7 Å². The molecule has 1 atom stereocenters. The van der Waals surface area contributed by atoms with Gasteiger partial charge >= 0.3 is 6.09 Å². The summed E-state index contributed by atoms with van der Waals surface area (Å²) in [4.78, 5) is 21.5. The van der Waals surface area contributed by atoms with Crippen LogP contribution in [0.3, 0.4) is 0 Å². The normalized spacial score (nSPS) is 18.5. The van der Waals surface area contributed by atoms with E-state index in [1.54, 1.807) is 23.1 Å². The number of nitrogens with zero attached hydrogens (tertiary/aromatic N) is 3. The average Bonchev–Trinajstić information content (AvgIpc) is 2.96. The zero-order valence-electron chi connectivity index (χ0n) is 22.0. The van der Waals surface area contributed by atoms with E-state index in [9.17, 15) is 9.90 Å². The van der Waals surface area contributed by atoms with Crippen molar-refractivity contribution in [2.24, 2.45) is 0 Å². The summed E-state index contributed by atoms with van der Waals surface area (Å²) in [5.41, 5.74) is 1.38.